The van der Waals surface area contributed by atoms with Gasteiger partial charge in [0.25, 0.3) is 0 Å². The number of rotatable bonds is 6. The van der Waals surface area contributed by atoms with Crippen molar-refractivity contribution in [2.24, 2.45) is 0 Å². The number of halogens is 3. The summed E-state index contributed by atoms with van der Waals surface area (Å²) < 4.78 is 47.0. The normalized spacial score (nSPS) is 14.5. The maximum Gasteiger partial charge on any atom is 0.416 e. The monoisotopic (exact) mass is 512 g/mol. The third kappa shape index (κ3) is 6.12. The molecule has 4 aromatic rings. The molecule has 1 saturated heterocycles. The zero-order valence-electron chi connectivity index (χ0n) is 19.5. The minimum absolute atomic E-state index is 0.0402. The summed E-state index contributed by atoms with van der Waals surface area (Å²) in [5.41, 5.74) is 1.71. The Bertz CT molecular complexity index is 1360. The molecule has 1 aliphatic rings. The predicted octanol–water partition coefficient (Wildman–Crippen LogP) is 4.45. The summed E-state index contributed by atoms with van der Waals surface area (Å²) in [6, 6.07) is 7.57. The smallest absolute Gasteiger partial charge is 0.416 e. The molecule has 0 atom stereocenters. The summed E-state index contributed by atoms with van der Waals surface area (Å²) in [4.78, 5) is 16.6. The van der Waals surface area contributed by atoms with Crippen molar-refractivity contribution >= 4 is 17.6 Å². The second-order valence-corrected chi connectivity index (χ2v) is 8.59. The largest absolute Gasteiger partial charge is 0.424 e. The van der Waals surface area contributed by atoms with Gasteiger partial charge in [-0.2, -0.15) is 18.3 Å². The van der Waals surface area contributed by atoms with E-state index in [1.165, 1.54) is 23.0 Å². The van der Waals surface area contributed by atoms with Gasteiger partial charge in [0.2, 0.25) is 18.6 Å². The third-order valence-corrected chi connectivity index (χ3v) is 5.92. The van der Waals surface area contributed by atoms with Crippen molar-refractivity contribution in [3.63, 3.8) is 0 Å². The lowest BCUT2D eigenvalue weighted by Crippen LogP contribution is -2.35. The van der Waals surface area contributed by atoms with Gasteiger partial charge in [0.1, 0.15) is 5.69 Å². The average molecular weight is 512 g/mol. The predicted molar refractivity (Wildman–Crippen MR) is 126 cm³/mol. The maximum absolute atomic E-state index is 12.8. The van der Waals surface area contributed by atoms with E-state index in [-0.39, 0.29) is 18.1 Å². The van der Waals surface area contributed by atoms with Crippen molar-refractivity contribution in [2.45, 2.75) is 31.6 Å². The zero-order chi connectivity index (χ0) is 25.8. The van der Waals surface area contributed by atoms with Gasteiger partial charge < -0.3 is 20.5 Å². The van der Waals surface area contributed by atoms with Crippen LogP contribution in [0.2, 0.25) is 0 Å². The number of amides is 2. The molecule has 10 nitrogen and oxygen atoms in total. The number of urea groups is 1. The Kier molecular flexibility index (Phi) is 6.86. The topological polar surface area (TPSA) is 116 Å². The summed E-state index contributed by atoms with van der Waals surface area (Å²) in [7, 11) is 0. The van der Waals surface area contributed by atoms with E-state index >= 15 is 0 Å². The first-order valence-corrected chi connectivity index (χ1v) is 11.6. The molecular weight excluding hydrogens is 489 g/mol. The second kappa shape index (κ2) is 10.4. The number of pyridine rings is 1. The maximum atomic E-state index is 12.8. The van der Waals surface area contributed by atoms with Crippen LogP contribution in [0.15, 0.2) is 65.7 Å². The van der Waals surface area contributed by atoms with Crippen LogP contribution in [0.5, 0.6) is 0 Å². The standard InChI is InChI=1S/C24H23F3N8O2/c25-24(26,27)18-2-1-3-19(10-18)31-23(36)32-22-15-34(33-37-22)14-20-5-4-16(11-29-20)17-12-30-35(13-17)21-6-8-28-9-7-21/h1-5,10-13,15,21,28H,6-9,14H2,(H-,31,32,33,36). The first kappa shape index (κ1) is 24.4. The van der Waals surface area contributed by atoms with Crippen LogP contribution in [-0.2, 0) is 12.7 Å². The Morgan fingerprint density at radius 3 is 2.78 bits per heavy atom. The van der Waals surface area contributed by atoms with Crippen molar-refractivity contribution in [1.29, 1.82) is 0 Å². The lowest BCUT2D eigenvalue weighted by molar-refractivity contribution is -0.755. The molecular formula is C24H23F3N8O2. The van der Waals surface area contributed by atoms with E-state index in [0.29, 0.717) is 11.7 Å². The van der Waals surface area contributed by atoms with E-state index in [9.17, 15) is 18.0 Å². The number of anilines is 1. The number of carbonyl (C=O) groups excluding carboxylic acids is 1. The fraction of sp³-hybridized carbons (Fsp3) is 0.292. The molecule has 3 aromatic heterocycles. The molecule has 13 heteroatoms. The van der Waals surface area contributed by atoms with Crippen LogP contribution in [0.25, 0.3) is 16.4 Å². The van der Waals surface area contributed by atoms with Crippen LogP contribution < -0.4 is 15.3 Å². The summed E-state index contributed by atoms with van der Waals surface area (Å²) in [5, 5.41) is 17.7. The molecule has 4 heterocycles. The van der Waals surface area contributed by atoms with Crippen LogP contribution in [0.3, 0.4) is 0 Å². The molecule has 192 valence electrons. The molecule has 1 aromatic carbocycles. The van der Waals surface area contributed by atoms with E-state index in [4.69, 9.17) is 4.52 Å². The SMILES string of the molecule is O=C([N-]c1c[n+](Cc2ccc(-c3cnn(C4CCNCC4)c3)cn2)no1)Nc1cccc(C(F)(F)F)c1. The van der Waals surface area contributed by atoms with Gasteiger partial charge in [-0.05, 0) is 48.4 Å². The number of nitrogens with zero attached hydrogens (tertiary/aromatic N) is 6. The summed E-state index contributed by atoms with van der Waals surface area (Å²) in [6.45, 7) is 2.25. The first-order chi connectivity index (χ1) is 17.8. The number of benzene rings is 1. The van der Waals surface area contributed by atoms with E-state index in [1.54, 1.807) is 6.20 Å². The van der Waals surface area contributed by atoms with E-state index < -0.39 is 17.8 Å². The van der Waals surface area contributed by atoms with Gasteiger partial charge in [-0.1, -0.05) is 24.3 Å². The highest BCUT2D eigenvalue weighted by molar-refractivity contribution is 6.03. The van der Waals surface area contributed by atoms with Gasteiger partial charge in [-0.3, -0.25) is 14.5 Å². The fourth-order valence-electron chi connectivity index (χ4n) is 4.03. The average Bonchev–Trinajstić information content (AvgIpc) is 3.55. The summed E-state index contributed by atoms with van der Waals surface area (Å²) in [5.74, 6) is -0.105. The molecule has 2 N–H and O–H groups in total. The molecule has 0 spiro atoms. The van der Waals surface area contributed by atoms with Crippen molar-refractivity contribution in [3.05, 3.63) is 77.8 Å². The molecule has 0 bridgehead atoms. The molecule has 0 saturated carbocycles. The summed E-state index contributed by atoms with van der Waals surface area (Å²) in [6.07, 6.45) is 4.61. The number of hydrogen-bond donors (Lipinski definition) is 2. The minimum Gasteiger partial charge on any atom is -0.424 e. The van der Waals surface area contributed by atoms with E-state index in [2.05, 4.69) is 31.3 Å². The van der Waals surface area contributed by atoms with Crippen LogP contribution in [0, 0.1) is 0 Å². The number of alkyl halides is 3. The second-order valence-electron chi connectivity index (χ2n) is 8.59. The van der Waals surface area contributed by atoms with Gasteiger partial charge in [0, 0.05) is 23.5 Å². The highest BCUT2D eigenvalue weighted by Gasteiger charge is 2.30. The van der Waals surface area contributed by atoms with Gasteiger partial charge >= 0.3 is 6.18 Å². The number of hydrogen-bond acceptors (Lipinski definition) is 6. The number of carbonyl (C=O) groups is 1. The van der Waals surface area contributed by atoms with Crippen LogP contribution in [-0.4, -0.2) is 39.2 Å². The Hall–Kier alpha value is -4.26. The van der Waals surface area contributed by atoms with E-state index in [1.807, 2.05) is 29.2 Å². The first-order valence-electron chi connectivity index (χ1n) is 11.6. The molecule has 1 fully saturated rings. The van der Waals surface area contributed by atoms with Crippen molar-refractivity contribution < 1.29 is 27.2 Å². The van der Waals surface area contributed by atoms with Crippen molar-refractivity contribution in [2.75, 3.05) is 18.4 Å². The van der Waals surface area contributed by atoms with Gasteiger partial charge in [0.05, 0.1) is 17.8 Å². The zero-order valence-corrected chi connectivity index (χ0v) is 19.5. The van der Waals surface area contributed by atoms with E-state index in [0.717, 1.165) is 49.2 Å². The molecule has 1 aliphatic heterocycles. The molecule has 37 heavy (non-hydrogen) atoms. The van der Waals surface area contributed by atoms with Gasteiger partial charge in [-0.15, -0.1) is 0 Å². The lowest BCUT2D eigenvalue weighted by Gasteiger charge is -2.22. The van der Waals surface area contributed by atoms with Crippen LogP contribution >= 0.6 is 0 Å². The highest BCUT2D eigenvalue weighted by Crippen LogP contribution is 2.31. The Labute approximate surface area is 209 Å². The molecule has 5 rings (SSSR count). The van der Waals surface area contributed by atoms with Crippen molar-refractivity contribution in [3.8, 4) is 11.1 Å². The molecule has 0 aliphatic carbocycles. The number of piperidine rings is 1. The third-order valence-electron chi connectivity index (χ3n) is 5.92. The summed E-state index contributed by atoms with van der Waals surface area (Å²) >= 11 is 0. The Balaban J connectivity index is 1.16. The Morgan fingerprint density at radius 1 is 1.19 bits per heavy atom. The fourth-order valence-corrected chi connectivity index (χ4v) is 4.03. The number of nitrogens with one attached hydrogen (secondary N) is 2. The van der Waals surface area contributed by atoms with Crippen LogP contribution in [0.4, 0.5) is 29.5 Å². The molecule has 0 unspecified atom stereocenters. The van der Waals surface area contributed by atoms with Crippen LogP contribution in [0.1, 0.15) is 30.1 Å². The molecule has 0 radical (unpaired) electrons. The minimum atomic E-state index is -4.52. The van der Waals surface area contributed by atoms with Gasteiger partial charge in [0.15, 0.2) is 11.3 Å². The molecule has 2 amide bonds. The quantitative estimate of drug-likeness (QED) is 0.369. The lowest BCUT2D eigenvalue weighted by atomic mass is 10.1. The Morgan fingerprint density at radius 2 is 2.03 bits per heavy atom. The van der Waals surface area contributed by atoms with Gasteiger partial charge in [-0.25, -0.2) is 0 Å². The highest BCUT2D eigenvalue weighted by atomic mass is 19.4. The number of aromatic nitrogens is 5. The van der Waals surface area contributed by atoms with Crippen molar-refractivity contribution in [1.82, 2.24) is 25.4 Å².